The Hall–Kier alpha value is -2.87. The summed E-state index contributed by atoms with van der Waals surface area (Å²) < 4.78 is 4.64. The molecule has 0 bridgehead atoms. The molecular formula is C28H21Co. The van der Waals surface area contributed by atoms with Crippen LogP contribution in [0.2, 0.25) is 0 Å². The van der Waals surface area contributed by atoms with E-state index in [1.54, 1.807) is 9.02 Å². The van der Waals surface area contributed by atoms with Crippen LogP contribution in [0.15, 0.2) is 112 Å². The molecule has 0 N–H and O–H groups in total. The normalized spacial score (nSPS) is 16.1. The van der Waals surface area contributed by atoms with Crippen molar-refractivity contribution in [1.29, 1.82) is 0 Å². The number of fused-ring (bicyclic) bond motifs is 4. The summed E-state index contributed by atoms with van der Waals surface area (Å²) in [6, 6.07) is 24.9. The van der Waals surface area contributed by atoms with Crippen LogP contribution in [0, 0.1) is 0 Å². The average Bonchev–Trinajstić information content (AvgIpc) is 3.47. The summed E-state index contributed by atoms with van der Waals surface area (Å²) in [5.74, 6) is 0. The van der Waals surface area contributed by atoms with Crippen molar-refractivity contribution in [1.82, 2.24) is 0 Å². The van der Waals surface area contributed by atoms with Gasteiger partial charge in [-0.05, 0) is 0 Å². The third-order valence-corrected chi connectivity index (χ3v) is 8.79. The molecular weight excluding hydrogens is 395 g/mol. The van der Waals surface area contributed by atoms with Crippen LogP contribution in [0.4, 0.5) is 0 Å². The molecule has 0 saturated heterocycles. The Morgan fingerprint density at radius 1 is 0.586 bits per heavy atom. The molecule has 4 aromatic carbocycles. The van der Waals surface area contributed by atoms with E-state index in [-0.39, 0.29) is 0 Å². The van der Waals surface area contributed by atoms with Gasteiger partial charge in [0.15, 0.2) is 0 Å². The fourth-order valence-corrected chi connectivity index (χ4v) is 7.51. The molecule has 142 valence electrons. The van der Waals surface area contributed by atoms with E-state index in [0.29, 0.717) is 0 Å². The molecule has 0 atom stereocenters. The number of benzene rings is 4. The first-order valence-electron chi connectivity index (χ1n) is 10.1. The SMILES string of the molecule is C1=CC[C]([Co]([C]2=CC=CC2)[c]2cccc3ccc4cc5ccccc5cc4c23)=C1. The summed E-state index contributed by atoms with van der Waals surface area (Å²) in [5, 5.41) is 8.10. The second kappa shape index (κ2) is 6.87. The van der Waals surface area contributed by atoms with E-state index in [4.69, 9.17) is 0 Å². The number of allylic oxidation sites excluding steroid dienone is 8. The second-order valence-corrected chi connectivity index (χ2v) is 10.2. The summed E-state index contributed by atoms with van der Waals surface area (Å²) in [4.78, 5) is 0. The predicted octanol–water partition coefficient (Wildman–Crippen LogP) is 7.08. The van der Waals surface area contributed by atoms with Crippen LogP contribution in [0.25, 0.3) is 32.3 Å². The Kier molecular flexibility index (Phi) is 4.04. The number of hydrogen-bond donors (Lipinski definition) is 0. The van der Waals surface area contributed by atoms with E-state index < -0.39 is 13.7 Å². The average molecular weight is 416 g/mol. The molecule has 2 aliphatic carbocycles. The van der Waals surface area contributed by atoms with Crippen LogP contribution in [0.1, 0.15) is 12.8 Å². The minimum atomic E-state index is -0.448. The van der Waals surface area contributed by atoms with Crippen LogP contribution in [0.3, 0.4) is 0 Å². The Morgan fingerprint density at radius 2 is 1.24 bits per heavy atom. The number of rotatable bonds is 3. The van der Waals surface area contributed by atoms with Gasteiger partial charge in [0.1, 0.15) is 0 Å². The van der Waals surface area contributed by atoms with Gasteiger partial charge in [-0.25, -0.2) is 0 Å². The summed E-state index contributed by atoms with van der Waals surface area (Å²) in [6.45, 7) is 0. The van der Waals surface area contributed by atoms with Crippen LogP contribution >= 0.6 is 0 Å². The van der Waals surface area contributed by atoms with E-state index in [2.05, 4.69) is 103 Å². The maximum atomic E-state index is 2.40. The molecule has 0 unspecified atom stereocenters. The molecule has 2 aliphatic rings. The zero-order valence-corrected chi connectivity index (χ0v) is 17.1. The van der Waals surface area contributed by atoms with E-state index in [1.807, 2.05) is 0 Å². The molecule has 4 aromatic rings. The fourth-order valence-electron chi connectivity index (χ4n) is 4.32. The van der Waals surface area contributed by atoms with Crippen molar-refractivity contribution < 1.29 is 13.7 Å². The third kappa shape index (κ3) is 2.81. The minimum absolute atomic E-state index is 0.448. The molecule has 1 heteroatoms. The topological polar surface area (TPSA) is 0 Å². The van der Waals surface area contributed by atoms with Gasteiger partial charge in [-0.1, -0.05) is 0 Å². The standard InChI is InChI=1S/C18H11.2C5H5.Co/c1-2-7-15-12-18-16(11-14(15)6-1)10-9-13-5-3-4-8-17(13)18;2*1-2-4-5-3-1;/h1-7,9-12H;2*1-3H,4H2;. The fraction of sp³-hybridized carbons (Fsp3) is 0.0714. The summed E-state index contributed by atoms with van der Waals surface area (Å²) >= 11 is -0.448. The maximum absolute atomic E-state index is 2.40. The van der Waals surface area contributed by atoms with Crippen LogP contribution in [-0.2, 0) is 13.7 Å². The molecule has 0 saturated carbocycles. The monoisotopic (exact) mass is 416 g/mol. The molecule has 0 amide bonds. The van der Waals surface area contributed by atoms with Crippen LogP contribution in [-0.4, -0.2) is 0 Å². The Bertz CT molecular complexity index is 1370. The van der Waals surface area contributed by atoms with Crippen molar-refractivity contribution in [2.45, 2.75) is 12.8 Å². The summed E-state index contributed by atoms with van der Waals surface area (Å²) in [7, 11) is 0. The van der Waals surface area contributed by atoms with Gasteiger partial charge in [-0.2, -0.15) is 0 Å². The molecule has 0 nitrogen and oxygen atoms in total. The van der Waals surface area contributed by atoms with Gasteiger partial charge in [0.2, 0.25) is 0 Å². The van der Waals surface area contributed by atoms with Crippen LogP contribution in [0.5, 0.6) is 0 Å². The molecule has 0 radical (unpaired) electrons. The molecule has 29 heavy (non-hydrogen) atoms. The zero-order valence-electron chi connectivity index (χ0n) is 16.1. The summed E-state index contributed by atoms with van der Waals surface area (Å²) in [6.07, 6.45) is 15.9. The summed E-state index contributed by atoms with van der Waals surface area (Å²) in [5.41, 5.74) is 0. The van der Waals surface area contributed by atoms with Crippen molar-refractivity contribution in [3.05, 3.63) is 112 Å². The van der Waals surface area contributed by atoms with E-state index in [9.17, 15) is 0 Å². The molecule has 0 aliphatic heterocycles. The Balaban J connectivity index is 1.68. The molecule has 6 rings (SSSR count). The van der Waals surface area contributed by atoms with Gasteiger partial charge in [-0.3, -0.25) is 0 Å². The molecule has 0 spiro atoms. The van der Waals surface area contributed by atoms with Gasteiger partial charge in [0.25, 0.3) is 0 Å². The van der Waals surface area contributed by atoms with Gasteiger partial charge >= 0.3 is 176 Å². The predicted molar refractivity (Wildman–Crippen MR) is 122 cm³/mol. The van der Waals surface area contributed by atoms with E-state index in [0.717, 1.165) is 12.8 Å². The van der Waals surface area contributed by atoms with Crippen LogP contribution < -0.4 is 4.50 Å². The van der Waals surface area contributed by atoms with Crippen molar-refractivity contribution in [2.24, 2.45) is 0 Å². The van der Waals surface area contributed by atoms with Gasteiger partial charge in [0.05, 0.1) is 0 Å². The van der Waals surface area contributed by atoms with E-state index in [1.165, 1.54) is 36.8 Å². The first-order valence-corrected chi connectivity index (χ1v) is 11.6. The number of hydrogen-bond acceptors (Lipinski definition) is 0. The van der Waals surface area contributed by atoms with Crippen molar-refractivity contribution >= 4 is 36.8 Å². The molecule has 0 heterocycles. The van der Waals surface area contributed by atoms with Crippen molar-refractivity contribution in [2.75, 3.05) is 0 Å². The first-order chi connectivity index (χ1) is 14.4. The van der Waals surface area contributed by atoms with Gasteiger partial charge in [0, 0.05) is 0 Å². The molecule has 0 aromatic heterocycles. The second-order valence-electron chi connectivity index (χ2n) is 7.48. The Labute approximate surface area is 175 Å². The zero-order chi connectivity index (χ0) is 19.2. The van der Waals surface area contributed by atoms with Gasteiger partial charge in [-0.15, -0.1) is 0 Å². The molecule has 0 fully saturated rings. The third-order valence-electron chi connectivity index (χ3n) is 5.68. The van der Waals surface area contributed by atoms with E-state index >= 15 is 0 Å². The Morgan fingerprint density at radius 3 is 1.93 bits per heavy atom. The van der Waals surface area contributed by atoms with Crippen molar-refractivity contribution in [3.8, 4) is 0 Å². The quantitative estimate of drug-likeness (QED) is 0.247. The first kappa shape index (κ1) is 17.0. The van der Waals surface area contributed by atoms with Gasteiger partial charge < -0.3 is 0 Å². The van der Waals surface area contributed by atoms with Crippen molar-refractivity contribution in [3.63, 3.8) is 0 Å².